The highest BCUT2D eigenvalue weighted by atomic mass is 32.2. The molecule has 1 amide bonds. The summed E-state index contributed by atoms with van der Waals surface area (Å²) < 4.78 is 52.3. The number of nitrogens with one attached hydrogen (secondary N) is 1. The number of nitrogens with zero attached hydrogens (tertiary/aromatic N) is 2. The predicted molar refractivity (Wildman–Crippen MR) is 116 cm³/mol. The number of sulfonamides is 2. The van der Waals surface area contributed by atoms with Crippen LogP contribution in [0.5, 0.6) is 0 Å². The van der Waals surface area contributed by atoms with Crippen molar-refractivity contribution in [3.8, 4) is 0 Å². The molecule has 0 radical (unpaired) electrons. The van der Waals surface area contributed by atoms with Crippen LogP contribution in [0.1, 0.15) is 19.8 Å². The van der Waals surface area contributed by atoms with E-state index in [0.29, 0.717) is 24.5 Å². The van der Waals surface area contributed by atoms with Crippen molar-refractivity contribution in [3.63, 3.8) is 0 Å². The molecular formula is C20H25N3O5S2. The van der Waals surface area contributed by atoms with Crippen LogP contribution in [-0.4, -0.2) is 52.4 Å². The number of carbonyl (C=O) groups excluding carboxylic acids is 1. The summed E-state index contributed by atoms with van der Waals surface area (Å²) in [6, 6.07) is 13.3. The summed E-state index contributed by atoms with van der Waals surface area (Å²) in [5, 5.41) is 2.66. The van der Waals surface area contributed by atoms with Crippen LogP contribution in [-0.2, 0) is 24.8 Å². The van der Waals surface area contributed by atoms with Gasteiger partial charge in [-0.3, -0.25) is 9.10 Å². The van der Waals surface area contributed by atoms with Crippen molar-refractivity contribution in [3.05, 3.63) is 54.6 Å². The third-order valence-corrected chi connectivity index (χ3v) is 8.08. The van der Waals surface area contributed by atoms with Gasteiger partial charge in [0.25, 0.3) is 0 Å². The summed E-state index contributed by atoms with van der Waals surface area (Å²) >= 11 is 0. The second-order valence-electron chi connectivity index (χ2n) is 7.20. The Hall–Kier alpha value is -2.43. The molecule has 1 heterocycles. The van der Waals surface area contributed by atoms with Crippen molar-refractivity contribution in [2.75, 3.05) is 29.0 Å². The molecule has 0 bridgehead atoms. The van der Waals surface area contributed by atoms with Crippen LogP contribution in [0, 0.1) is 0 Å². The number of para-hydroxylation sites is 1. The fraction of sp³-hybridized carbons (Fsp3) is 0.350. The SMILES string of the molecule is C[C@H](C(=O)Nc1ccc(S(=O)(=O)N2CCCC2)cc1)N(c1ccccc1)S(C)(=O)=O. The molecule has 0 unspecified atom stereocenters. The smallest absolute Gasteiger partial charge is 0.247 e. The largest absolute Gasteiger partial charge is 0.324 e. The molecule has 3 rings (SSSR count). The van der Waals surface area contributed by atoms with E-state index < -0.39 is 32.0 Å². The Labute approximate surface area is 177 Å². The lowest BCUT2D eigenvalue weighted by Crippen LogP contribution is -2.45. The standard InChI is InChI=1S/C20H25N3O5S2/c1-16(23(29(2,25)26)18-8-4-3-5-9-18)20(24)21-17-10-12-19(13-11-17)30(27,28)22-14-6-7-15-22/h3-5,8-13,16H,6-7,14-15H2,1-2H3,(H,21,24)/t16-/m1/s1. The Kier molecular flexibility index (Phi) is 6.49. The molecule has 8 nitrogen and oxygen atoms in total. The highest BCUT2D eigenvalue weighted by Crippen LogP contribution is 2.24. The van der Waals surface area contributed by atoms with E-state index in [0.717, 1.165) is 23.4 Å². The van der Waals surface area contributed by atoms with Crippen molar-refractivity contribution < 1.29 is 21.6 Å². The van der Waals surface area contributed by atoms with Gasteiger partial charge in [-0.25, -0.2) is 16.8 Å². The molecule has 1 saturated heterocycles. The molecule has 1 N–H and O–H groups in total. The van der Waals surface area contributed by atoms with E-state index in [-0.39, 0.29) is 4.90 Å². The lowest BCUT2D eigenvalue weighted by atomic mass is 10.2. The lowest BCUT2D eigenvalue weighted by molar-refractivity contribution is -0.116. The Balaban J connectivity index is 1.76. The summed E-state index contributed by atoms with van der Waals surface area (Å²) in [5.41, 5.74) is 0.767. The van der Waals surface area contributed by atoms with Crippen molar-refractivity contribution >= 4 is 37.3 Å². The quantitative estimate of drug-likeness (QED) is 0.695. The number of anilines is 2. The molecule has 162 valence electrons. The summed E-state index contributed by atoms with van der Waals surface area (Å²) in [4.78, 5) is 12.9. The first-order chi connectivity index (χ1) is 14.1. The molecule has 0 saturated carbocycles. The number of hydrogen-bond donors (Lipinski definition) is 1. The monoisotopic (exact) mass is 451 g/mol. The molecule has 1 atom stereocenters. The van der Waals surface area contributed by atoms with Gasteiger partial charge in [0.15, 0.2) is 0 Å². The minimum Gasteiger partial charge on any atom is -0.324 e. The lowest BCUT2D eigenvalue weighted by Gasteiger charge is -2.28. The Morgan fingerprint density at radius 3 is 2.07 bits per heavy atom. The van der Waals surface area contributed by atoms with Crippen molar-refractivity contribution in [1.29, 1.82) is 0 Å². The van der Waals surface area contributed by atoms with Crippen LogP contribution >= 0.6 is 0 Å². The number of hydrogen-bond acceptors (Lipinski definition) is 5. The average Bonchev–Trinajstić information content (AvgIpc) is 3.24. The fourth-order valence-electron chi connectivity index (χ4n) is 3.42. The maximum Gasteiger partial charge on any atom is 0.247 e. The van der Waals surface area contributed by atoms with Gasteiger partial charge < -0.3 is 5.32 Å². The van der Waals surface area contributed by atoms with Crippen LogP contribution in [0.25, 0.3) is 0 Å². The van der Waals surface area contributed by atoms with Crippen LogP contribution in [0.2, 0.25) is 0 Å². The molecule has 1 fully saturated rings. The first kappa shape index (κ1) is 22.3. The molecule has 2 aromatic rings. The van der Waals surface area contributed by atoms with Gasteiger partial charge in [-0.1, -0.05) is 18.2 Å². The van der Waals surface area contributed by atoms with Crippen LogP contribution in [0.4, 0.5) is 11.4 Å². The average molecular weight is 452 g/mol. The molecule has 2 aromatic carbocycles. The van der Waals surface area contributed by atoms with Crippen molar-refractivity contribution in [2.45, 2.75) is 30.7 Å². The second-order valence-corrected chi connectivity index (χ2v) is 11.0. The minimum absolute atomic E-state index is 0.164. The first-order valence-electron chi connectivity index (χ1n) is 9.56. The van der Waals surface area contributed by atoms with Gasteiger partial charge >= 0.3 is 0 Å². The van der Waals surface area contributed by atoms with E-state index >= 15 is 0 Å². The second kappa shape index (κ2) is 8.75. The van der Waals surface area contributed by atoms with Crippen molar-refractivity contribution in [1.82, 2.24) is 4.31 Å². The molecule has 0 aromatic heterocycles. The van der Waals surface area contributed by atoms with E-state index in [9.17, 15) is 21.6 Å². The van der Waals surface area contributed by atoms with Gasteiger partial charge in [-0.05, 0) is 56.2 Å². The number of rotatable bonds is 7. The molecule has 0 aliphatic carbocycles. The molecule has 10 heteroatoms. The summed E-state index contributed by atoms with van der Waals surface area (Å²) in [6.45, 7) is 2.52. The highest BCUT2D eigenvalue weighted by molar-refractivity contribution is 7.92. The minimum atomic E-state index is -3.70. The van der Waals surface area contributed by atoms with Gasteiger partial charge in [0.2, 0.25) is 26.0 Å². The third-order valence-electron chi connectivity index (χ3n) is 4.92. The normalized spacial score (nSPS) is 16.2. The maximum absolute atomic E-state index is 12.7. The Morgan fingerprint density at radius 2 is 1.53 bits per heavy atom. The van der Waals surface area contributed by atoms with Gasteiger partial charge in [0.1, 0.15) is 6.04 Å². The molecule has 0 spiro atoms. The van der Waals surface area contributed by atoms with Crippen LogP contribution < -0.4 is 9.62 Å². The van der Waals surface area contributed by atoms with Crippen LogP contribution in [0.3, 0.4) is 0 Å². The van der Waals surface area contributed by atoms with E-state index in [4.69, 9.17) is 0 Å². The van der Waals surface area contributed by atoms with Crippen LogP contribution in [0.15, 0.2) is 59.5 Å². The van der Waals surface area contributed by atoms with Gasteiger partial charge in [-0.2, -0.15) is 4.31 Å². The highest BCUT2D eigenvalue weighted by Gasteiger charge is 2.30. The molecule has 1 aliphatic heterocycles. The van der Waals surface area contributed by atoms with E-state index in [1.54, 1.807) is 30.3 Å². The molecular weight excluding hydrogens is 426 g/mol. The maximum atomic E-state index is 12.7. The summed E-state index contributed by atoms with van der Waals surface area (Å²) in [5.74, 6) is -0.528. The first-order valence-corrected chi connectivity index (χ1v) is 12.8. The fourth-order valence-corrected chi connectivity index (χ4v) is 6.11. The third kappa shape index (κ3) is 4.82. The summed E-state index contributed by atoms with van der Waals surface area (Å²) in [7, 11) is -7.24. The zero-order valence-electron chi connectivity index (χ0n) is 16.9. The number of amides is 1. The van der Waals surface area contributed by atoms with Gasteiger partial charge in [0, 0.05) is 18.8 Å². The van der Waals surface area contributed by atoms with Gasteiger partial charge in [-0.15, -0.1) is 0 Å². The zero-order chi connectivity index (χ0) is 21.9. The van der Waals surface area contributed by atoms with E-state index in [2.05, 4.69) is 5.32 Å². The summed E-state index contributed by atoms with van der Waals surface area (Å²) in [6.07, 6.45) is 2.74. The topological polar surface area (TPSA) is 104 Å². The van der Waals surface area contributed by atoms with Gasteiger partial charge in [0.05, 0.1) is 16.8 Å². The number of carbonyl (C=O) groups is 1. The zero-order valence-corrected chi connectivity index (χ0v) is 18.5. The Bertz CT molecular complexity index is 1090. The van der Waals surface area contributed by atoms with E-state index in [1.165, 1.54) is 35.5 Å². The molecule has 30 heavy (non-hydrogen) atoms. The van der Waals surface area contributed by atoms with E-state index in [1.807, 2.05) is 0 Å². The molecule has 1 aliphatic rings. The number of benzene rings is 2. The Morgan fingerprint density at radius 1 is 0.967 bits per heavy atom. The van der Waals surface area contributed by atoms with Crippen molar-refractivity contribution in [2.24, 2.45) is 0 Å². The predicted octanol–water partition coefficient (Wildman–Crippen LogP) is 2.26.